The first-order chi connectivity index (χ1) is 9.05. The third-order valence-corrected chi connectivity index (χ3v) is 3.33. The fourth-order valence-electron chi connectivity index (χ4n) is 2.23. The topological polar surface area (TPSA) is 21.3 Å². The molecule has 1 heterocycles. The molecular weight excluding hydrogens is 255 g/mol. The highest BCUT2D eigenvalue weighted by atomic mass is 19.4. The van der Waals surface area contributed by atoms with Crippen LogP contribution < -0.4 is 10.1 Å². The second-order valence-corrected chi connectivity index (χ2v) is 4.81. The maximum absolute atomic E-state index is 12.4. The summed E-state index contributed by atoms with van der Waals surface area (Å²) in [7, 11) is 0. The molecule has 0 aliphatic carbocycles. The van der Waals surface area contributed by atoms with Gasteiger partial charge in [-0.05, 0) is 50.1 Å². The second kappa shape index (κ2) is 6.28. The van der Waals surface area contributed by atoms with Crippen LogP contribution in [0.15, 0.2) is 24.3 Å². The number of hydrogen-bond donors (Lipinski definition) is 1. The minimum Gasteiger partial charge on any atom is -0.494 e. The van der Waals surface area contributed by atoms with E-state index in [1.807, 2.05) is 0 Å². The lowest BCUT2D eigenvalue weighted by Gasteiger charge is -2.23. The lowest BCUT2D eigenvalue weighted by atomic mass is 10.0. The number of nitrogens with one attached hydrogen (secondary N) is 1. The van der Waals surface area contributed by atoms with E-state index < -0.39 is 11.7 Å². The van der Waals surface area contributed by atoms with Gasteiger partial charge in [-0.3, -0.25) is 0 Å². The SMILES string of the molecule is FC(F)(F)c1ccc(OCC[C@@H]2CCCCN2)cc1. The summed E-state index contributed by atoms with van der Waals surface area (Å²) in [6.07, 6.45) is 0.205. The number of piperidine rings is 1. The highest BCUT2D eigenvalue weighted by Crippen LogP contribution is 2.30. The second-order valence-electron chi connectivity index (χ2n) is 4.81. The molecular formula is C14H18F3NO. The Bertz CT molecular complexity index is 383. The van der Waals surface area contributed by atoms with Gasteiger partial charge in [0.05, 0.1) is 12.2 Å². The predicted molar refractivity (Wildman–Crippen MR) is 67.2 cm³/mol. The van der Waals surface area contributed by atoms with Crippen molar-refractivity contribution >= 4 is 0 Å². The molecule has 1 aliphatic rings. The van der Waals surface area contributed by atoms with Gasteiger partial charge in [-0.15, -0.1) is 0 Å². The highest BCUT2D eigenvalue weighted by Gasteiger charge is 2.30. The Kier molecular flexibility index (Phi) is 4.69. The number of benzene rings is 1. The van der Waals surface area contributed by atoms with Crippen molar-refractivity contribution in [2.24, 2.45) is 0 Å². The summed E-state index contributed by atoms with van der Waals surface area (Å²) in [5.41, 5.74) is -0.645. The molecule has 0 aromatic heterocycles. The smallest absolute Gasteiger partial charge is 0.416 e. The molecule has 1 aliphatic heterocycles. The molecule has 1 atom stereocenters. The molecule has 5 heteroatoms. The van der Waals surface area contributed by atoms with E-state index >= 15 is 0 Å². The van der Waals surface area contributed by atoms with Gasteiger partial charge >= 0.3 is 6.18 Å². The molecule has 0 unspecified atom stereocenters. The van der Waals surface area contributed by atoms with E-state index in [1.54, 1.807) is 0 Å². The quantitative estimate of drug-likeness (QED) is 0.904. The van der Waals surface area contributed by atoms with E-state index in [0.29, 0.717) is 18.4 Å². The Labute approximate surface area is 111 Å². The van der Waals surface area contributed by atoms with Crippen molar-refractivity contribution in [3.63, 3.8) is 0 Å². The van der Waals surface area contributed by atoms with Crippen molar-refractivity contribution in [1.29, 1.82) is 0 Å². The number of halogens is 3. The van der Waals surface area contributed by atoms with Crippen molar-refractivity contribution in [2.75, 3.05) is 13.2 Å². The molecule has 2 nitrogen and oxygen atoms in total. The van der Waals surface area contributed by atoms with Crippen LogP contribution in [0.5, 0.6) is 5.75 Å². The molecule has 0 saturated carbocycles. The first-order valence-electron chi connectivity index (χ1n) is 6.59. The fraction of sp³-hybridized carbons (Fsp3) is 0.571. The highest BCUT2D eigenvalue weighted by molar-refractivity contribution is 5.28. The molecule has 1 aromatic rings. The molecule has 1 saturated heterocycles. The first kappa shape index (κ1) is 14.2. The van der Waals surface area contributed by atoms with Gasteiger partial charge in [0.15, 0.2) is 0 Å². The summed E-state index contributed by atoms with van der Waals surface area (Å²) in [4.78, 5) is 0. The standard InChI is InChI=1S/C14H18F3NO/c15-14(16,17)11-4-6-13(7-5-11)19-10-8-12-3-1-2-9-18-12/h4-7,12,18H,1-3,8-10H2/t12-/m0/s1. The van der Waals surface area contributed by atoms with Gasteiger partial charge in [0, 0.05) is 6.04 Å². The Morgan fingerprint density at radius 2 is 1.89 bits per heavy atom. The summed E-state index contributed by atoms with van der Waals surface area (Å²) < 4.78 is 42.6. The average Bonchev–Trinajstić information content (AvgIpc) is 2.39. The van der Waals surface area contributed by atoms with Crippen LogP contribution in [0.25, 0.3) is 0 Å². The third-order valence-electron chi connectivity index (χ3n) is 3.33. The van der Waals surface area contributed by atoms with E-state index in [-0.39, 0.29) is 0 Å². The first-order valence-corrected chi connectivity index (χ1v) is 6.59. The van der Waals surface area contributed by atoms with Crippen LogP contribution in [0.3, 0.4) is 0 Å². The minimum absolute atomic E-state index is 0.475. The molecule has 19 heavy (non-hydrogen) atoms. The number of hydrogen-bond acceptors (Lipinski definition) is 2. The molecule has 2 rings (SSSR count). The van der Waals surface area contributed by atoms with Crippen LogP contribution in [-0.2, 0) is 6.18 Å². The van der Waals surface area contributed by atoms with Gasteiger partial charge in [-0.2, -0.15) is 13.2 Å². The normalized spacial score (nSPS) is 20.3. The van der Waals surface area contributed by atoms with Crippen LogP contribution in [-0.4, -0.2) is 19.2 Å². The monoisotopic (exact) mass is 273 g/mol. The van der Waals surface area contributed by atoms with Crippen molar-refractivity contribution < 1.29 is 17.9 Å². The van der Waals surface area contributed by atoms with Crippen LogP contribution in [0.2, 0.25) is 0 Å². The van der Waals surface area contributed by atoms with Crippen molar-refractivity contribution in [1.82, 2.24) is 5.32 Å². The maximum atomic E-state index is 12.4. The van der Waals surface area contributed by atoms with Gasteiger partial charge in [0.1, 0.15) is 5.75 Å². The summed E-state index contributed by atoms with van der Waals surface area (Å²) >= 11 is 0. The lowest BCUT2D eigenvalue weighted by Crippen LogP contribution is -2.35. The Hall–Kier alpha value is -1.23. The van der Waals surface area contributed by atoms with Crippen molar-refractivity contribution in [3.05, 3.63) is 29.8 Å². The third kappa shape index (κ3) is 4.42. The van der Waals surface area contributed by atoms with E-state index in [2.05, 4.69) is 5.32 Å². The zero-order chi connectivity index (χ0) is 13.7. The molecule has 0 radical (unpaired) electrons. The summed E-state index contributed by atoms with van der Waals surface area (Å²) in [6.45, 7) is 1.58. The van der Waals surface area contributed by atoms with Gasteiger partial charge in [0.25, 0.3) is 0 Å². The maximum Gasteiger partial charge on any atom is 0.416 e. The average molecular weight is 273 g/mol. The van der Waals surface area contributed by atoms with Gasteiger partial charge in [-0.1, -0.05) is 6.42 Å². The van der Waals surface area contributed by atoms with Crippen molar-refractivity contribution in [3.8, 4) is 5.75 Å². The molecule has 1 N–H and O–H groups in total. The lowest BCUT2D eigenvalue weighted by molar-refractivity contribution is -0.137. The van der Waals surface area contributed by atoms with E-state index in [4.69, 9.17) is 4.74 Å². The molecule has 106 valence electrons. The molecule has 1 fully saturated rings. The molecule has 0 amide bonds. The van der Waals surface area contributed by atoms with E-state index in [0.717, 1.165) is 31.5 Å². The van der Waals surface area contributed by atoms with Crippen LogP contribution in [0.1, 0.15) is 31.2 Å². The summed E-state index contributed by atoms with van der Waals surface area (Å²) in [6, 6.07) is 5.32. The van der Waals surface area contributed by atoms with Gasteiger partial charge in [0.2, 0.25) is 0 Å². The van der Waals surface area contributed by atoms with Gasteiger partial charge in [-0.25, -0.2) is 0 Å². The molecule has 0 spiro atoms. The predicted octanol–water partition coefficient (Wildman–Crippen LogP) is 3.62. The number of rotatable bonds is 4. The number of ether oxygens (including phenoxy) is 1. The Morgan fingerprint density at radius 1 is 1.16 bits per heavy atom. The fourth-order valence-corrected chi connectivity index (χ4v) is 2.23. The minimum atomic E-state index is -4.29. The summed E-state index contributed by atoms with van der Waals surface area (Å²) in [5, 5.41) is 3.41. The Balaban J connectivity index is 1.76. The number of alkyl halides is 3. The van der Waals surface area contributed by atoms with Gasteiger partial charge < -0.3 is 10.1 Å². The molecule has 1 aromatic carbocycles. The van der Waals surface area contributed by atoms with Crippen LogP contribution in [0.4, 0.5) is 13.2 Å². The zero-order valence-electron chi connectivity index (χ0n) is 10.7. The Morgan fingerprint density at radius 3 is 2.47 bits per heavy atom. The van der Waals surface area contributed by atoms with Crippen molar-refractivity contribution in [2.45, 2.75) is 37.9 Å². The van der Waals surface area contributed by atoms with Crippen LogP contribution in [0, 0.1) is 0 Å². The van der Waals surface area contributed by atoms with E-state index in [1.165, 1.54) is 25.0 Å². The zero-order valence-corrected chi connectivity index (χ0v) is 10.7. The largest absolute Gasteiger partial charge is 0.494 e. The molecule has 0 bridgehead atoms. The van der Waals surface area contributed by atoms with E-state index in [9.17, 15) is 13.2 Å². The summed E-state index contributed by atoms with van der Waals surface area (Å²) in [5.74, 6) is 0.490. The van der Waals surface area contributed by atoms with Crippen LogP contribution >= 0.6 is 0 Å².